The van der Waals surface area contributed by atoms with Crippen LogP contribution in [0.15, 0.2) is 6.20 Å². The Balaban J connectivity index is 2.79. The number of aliphatic hydroxyl groups is 1. The first kappa shape index (κ1) is 8.27. The average molecular weight is 154 g/mol. The van der Waals surface area contributed by atoms with Gasteiger partial charge in [0.15, 0.2) is 0 Å². The molecular formula is C8H14N2O. The first-order chi connectivity index (χ1) is 5.11. The normalized spacial score (nSPS) is 13.5. The molecular weight excluding hydrogens is 140 g/mol. The van der Waals surface area contributed by atoms with Gasteiger partial charge in [-0.05, 0) is 19.4 Å². The molecule has 0 aliphatic carbocycles. The molecule has 0 spiro atoms. The van der Waals surface area contributed by atoms with Gasteiger partial charge in [-0.15, -0.1) is 0 Å². The van der Waals surface area contributed by atoms with Crippen LogP contribution >= 0.6 is 0 Å². The molecule has 1 aromatic rings. The van der Waals surface area contributed by atoms with Crippen LogP contribution in [0.3, 0.4) is 0 Å². The Morgan fingerprint density at radius 1 is 1.73 bits per heavy atom. The van der Waals surface area contributed by atoms with E-state index in [2.05, 4.69) is 5.10 Å². The molecule has 0 unspecified atom stereocenters. The van der Waals surface area contributed by atoms with Crippen molar-refractivity contribution in [2.24, 2.45) is 7.05 Å². The molecule has 0 aliphatic rings. The summed E-state index contributed by atoms with van der Waals surface area (Å²) in [4.78, 5) is 0. The molecule has 0 amide bonds. The highest BCUT2D eigenvalue weighted by Gasteiger charge is 2.05. The summed E-state index contributed by atoms with van der Waals surface area (Å²) in [5, 5.41) is 13.2. The summed E-state index contributed by atoms with van der Waals surface area (Å²) in [5.41, 5.74) is 2.26. The molecule has 0 fully saturated rings. The molecule has 3 heteroatoms. The van der Waals surface area contributed by atoms with Crippen molar-refractivity contribution in [3.05, 3.63) is 17.5 Å². The summed E-state index contributed by atoms with van der Waals surface area (Å²) in [6.07, 6.45) is 2.22. The lowest BCUT2D eigenvalue weighted by molar-refractivity contribution is 0.195. The smallest absolute Gasteiger partial charge is 0.0553 e. The highest BCUT2D eigenvalue weighted by Crippen LogP contribution is 2.07. The molecule has 0 bridgehead atoms. The van der Waals surface area contributed by atoms with Crippen molar-refractivity contribution in [3.63, 3.8) is 0 Å². The SMILES string of the molecule is Cc1c(C[C@@H](C)O)cnn1C. The highest BCUT2D eigenvalue weighted by atomic mass is 16.3. The lowest BCUT2D eigenvalue weighted by Crippen LogP contribution is -2.05. The van der Waals surface area contributed by atoms with Crippen LogP contribution in [0, 0.1) is 6.92 Å². The summed E-state index contributed by atoms with van der Waals surface area (Å²) in [7, 11) is 1.90. The molecule has 1 heterocycles. The second-order valence-electron chi connectivity index (χ2n) is 2.93. The third-order valence-corrected chi connectivity index (χ3v) is 1.85. The maximum absolute atomic E-state index is 9.10. The molecule has 0 aliphatic heterocycles. The second kappa shape index (κ2) is 3.05. The van der Waals surface area contributed by atoms with Gasteiger partial charge in [-0.25, -0.2) is 0 Å². The summed E-state index contributed by atoms with van der Waals surface area (Å²) >= 11 is 0. The van der Waals surface area contributed by atoms with E-state index in [4.69, 9.17) is 5.11 Å². The molecule has 3 nitrogen and oxygen atoms in total. The van der Waals surface area contributed by atoms with Crippen LogP contribution in [0.2, 0.25) is 0 Å². The second-order valence-corrected chi connectivity index (χ2v) is 2.93. The van der Waals surface area contributed by atoms with Crippen LogP contribution in [-0.2, 0) is 13.5 Å². The number of aliphatic hydroxyl groups excluding tert-OH is 1. The first-order valence-corrected chi connectivity index (χ1v) is 3.77. The maximum atomic E-state index is 9.10. The number of aryl methyl sites for hydroxylation is 1. The predicted molar refractivity (Wildman–Crippen MR) is 43.3 cm³/mol. The van der Waals surface area contributed by atoms with E-state index < -0.39 is 0 Å². The van der Waals surface area contributed by atoms with E-state index in [0.29, 0.717) is 6.42 Å². The lowest BCUT2D eigenvalue weighted by Gasteiger charge is -2.02. The third-order valence-electron chi connectivity index (χ3n) is 1.85. The van der Waals surface area contributed by atoms with Crippen molar-refractivity contribution in [2.75, 3.05) is 0 Å². The van der Waals surface area contributed by atoms with Crippen molar-refractivity contribution in [1.82, 2.24) is 9.78 Å². The van der Waals surface area contributed by atoms with Crippen LogP contribution in [0.25, 0.3) is 0 Å². The molecule has 1 atom stereocenters. The molecule has 1 rings (SSSR count). The Labute approximate surface area is 66.7 Å². The molecule has 1 aromatic heterocycles. The summed E-state index contributed by atoms with van der Waals surface area (Å²) < 4.78 is 1.82. The zero-order valence-corrected chi connectivity index (χ0v) is 7.20. The average Bonchev–Trinajstić information content (AvgIpc) is 2.18. The van der Waals surface area contributed by atoms with Crippen LogP contribution in [0.1, 0.15) is 18.2 Å². The van der Waals surface area contributed by atoms with Crippen molar-refractivity contribution in [3.8, 4) is 0 Å². The molecule has 62 valence electrons. The van der Waals surface area contributed by atoms with E-state index in [0.717, 1.165) is 11.3 Å². The number of hydrogen-bond acceptors (Lipinski definition) is 2. The van der Waals surface area contributed by atoms with E-state index in [1.165, 1.54) is 0 Å². The van der Waals surface area contributed by atoms with E-state index in [1.54, 1.807) is 6.92 Å². The Morgan fingerprint density at radius 3 is 2.73 bits per heavy atom. The van der Waals surface area contributed by atoms with Gasteiger partial charge in [0.25, 0.3) is 0 Å². The monoisotopic (exact) mass is 154 g/mol. The van der Waals surface area contributed by atoms with Gasteiger partial charge < -0.3 is 5.11 Å². The first-order valence-electron chi connectivity index (χ1n) is 3.77. The largest absolute Gasteiger partial charge is 0.393 e. The molecule has 0 aromatic carbocycles. The van der Waals surface area contributed by atoms with Crippen molar-refractivity contribution in [2.45, 2.75) is 26.4 Å². The fourth-order valence-electron chi connectivity index (χ4n) is 1.06. The number of rotatable bonds is 2. The standard InChI is InChI=1S/C8H14N2O/c1-6(11)4-8-5-9-10(3)7(8)2/h5-6,11H,4H2,1-3H3/t6-/m1/s1. The number of nitrogens with zero attached hydrogens (tertiary/aromatic N) is 2. The minimum Gasteiger partial charge on any atom is -0.393 e. The third kappa shape index (κ3) is 1.80. The number of hydrogen-bond donors (Lipinski definition) is 1. The predicted octanol–water partition coefficient (Wildman–Crippen LogP) is 0.652. The Kier molecular flexibility index (Phi) is 2.29. The topological polar surface area (TPSA) is 38.1 Å². The van der Waals surface area contributed by atoms with Crippen LogP contribution in [0.4, 0.5) is 0 Å². The Hall–Kier alpha value is -0.830. The van der Waals surface area contributed by atoms with Gasteiger partial charge in [0, 0.05) is 19.2 Å². The zero-order valence-electron chi connectivity index (χ0n) is 7.20. The molecule has 0 radical (unpaired) electrons. The van der Waals surface area contributed by atoms with Crippen molar-refractivity contribution < 1.29 is 5.11 Å². The highest BCUT2D eigenvalue weighted by molar-refractivity contribution is 5.16. The van der Waals surface area contributed by atoms with E-state index in [9.17, 15) is 0 Å². The van der Waals surface area contributed by atoms with Gasteiger partial charge in [-0.2, -0.15) is 5.10 Å². The van der Waals surface area contributed by atoms with Crippen molar-refractivity contribution in [1.29, 1.82) is 0 Å². The quantitative estimate of drug-likeness (QED) is 0.679. The van der Waals surface area contributed by atoms with E-state index in [1.807, 2.05) is 24.9 Å². The fraction of sp³-hybridized carbons (Fsp3) is 0.625. The molecule has 11 heavy (non-hydrogen) atoms. The molecule has 0 saturated carbocycles. The summed E-state index contributed by atoms with van der Waals surface area (Å²) in [6.45, 7) is 3.79. The summed E-state index contributed by atoms with van der Waals surface area (Å²) in [6, 6.07) is 0. The summed E-state index contributed by atoms with van der Waals surface area (Å²) in [5.74, 6) is 0. The van der Waals surface area contributed by atoms with Crippen molar-refractivity contribution >= 4 is 0 Å². The fourth-order valence-corrected chi connectivity index (χ4v) is 1.06. The van der Waals surface area contributed by atoms with Crippen LogP contribution < -0.4 is 0 Å². The lowest BCUT2D eigenvalue weighted by atomic mass is 10.1. The molecule has 0 saturated heterocycles. The number of aromatic nitrogens is 2. The van der Waals surface area contributed by atoms with Gasteiger partial charge in [-0.3, -0.25) is 4.68 Å². The Bertz CT molecular complexity index is 240. The minimum atomic E-state index is -0.280. The zero-order chi connectivity index (χ0) is 8.43. The van der Waals surface area contributed by atoms with Gasteiger partial charge >= 0.3 is 0 Å². The van der Waals surface area contributed by atoms with Gasteiger partial charge in [-0.1, -0.05) is 0 Å². The molecule has 1 N–H and O–H groups in total. The van der Waals surface area contributed by atoms with Crippen LogP contribution in [-0.4, -0.2) is 21.0 Å². The minimum absolute atomic E-state index is 0.280. The Morgan fingerprint density at radius 2 is 2.36 bits per heavy atom. The van der Waals surface area contributed by atoms with E-state index >= 15 is 0 Å². The maximum Gasteiger partial charge on any atom is 0.0553 e. The van der Waals surface area contributed by atoms with Gasteiger partial charge in [0.1, 0.15) is 0 Å². The van der Waals surface area contributed by atoms with Crippen LogP contribution in [0.5, 0.6) is 0 Å². The van der Waals surface area contributed by atoms with Gasteiger partial charge in [0.2, 0.25) is 0 Å². The van der Waals surface area contributed by atoms with E-state index in [-0.39, 0.29) is 6.10 Å². The van der Waals surface area contributed by atoms with Gasteiger partial charge in [0.05, 0.1) is 12.3 Å².